The maximum absolute atomic E-state index is 12.8. The van der Waals surface area contributed by atoms with Crippen LogP contribution in [0.25, 0.3) is 0 Å². The second-order valence-corrected chi connectivity index (χ2v) is 6.90. The van der Waals surface area contributed by atoms with E-state index in [4.69, 9.17) is 9.47 Å². The smallest absolute Gasteiger partial charge is 0.254 e. The van der Waals surface area contributed by atoms with E-state index >= 15 is 0 Å². The van der Waals surface area contributed by atoms with Gasteiger partial charge in [-0.2, -0.15) is 0 Å². The maximum Gasteiger partial charge on any atom is 0.254 e. The molecule has 0 spiro atoms. The first-order valence-corrected chi connectivity index (χ1v) is 9.34. The third kappa shape index (κ3) is 5.76. The van der Waals surface area contributed by atoms with Crippen LogP contribution in [0.15, 0.2) is 16.6 Å². The summed E-state index contributed by atoms with van der Waals surface area (Å²) >= 11 is 3.49. The molecule has 0 aliphatic carbocycles. The van der Waals surface area contributed by atoms with E-state index < -0.39 is 0 Å². The molecule has 2 rings (SSSR count). The molecule has 1 aromatic carbocycles. The summed E-state index contributed by atoms with van der Waals surface area (Å²) in [6, 6.07) is 3.59. The Hall–Kier alpha value is -0.980. The normalized spacial score (nSPS) is 14.8. The fourth-order valence-corrected chi connectivity index (χ4v) is 3.64. The Balaban J connectivity index is 0.00000312. The number of carbonyl (C=O) groups excluding carboxylic acids is 1. The van der Waals surface area contributed by atoms with E-state index in [9.17, 15) is 4.79 Å². The van der Waals surface area contributed by atoms with Crippen molar-refractivity contribution in [2.75, 3.05) is 40.4 Å². The summed E-state index contributed by atoms with van der Waals surface area (Å²) in [5.41, 5.74) is 0.635. The molecule has 25 heavy (non-hydrogen) atoms. The van der Waals surface area contributed by atoms with E-state index in [2.05, 4.69) is 21.2 Å². The number of benzene rings is 1. The number of nitrogens with zero attached hydrogens (tertiary/aromatic N) is 1. The van der Waals surface area contributed by atoms with Crippen molar-refractivity contribution in [3.05, 3.63) is 22.2 Å². The molecule has 0 unspecified atom stereocenters. The van der Waals surface area contributed by atoms with Gasteiger partial charge in [0.1, 0.15) is 0 Å². The molecule has 1 aliphatic rings. The number of piperidine rings is 1. The summed E-state index contributed by atoms with van der Waals surface area (Å²) < 4.78 is 11.7. The minimum absolute atomic E-state index is 0. The van der Waals surface area contributed by atoms with Crippen molar-refractivity contribution in [2.24, 2.45) is 5.92 Å². The lowest BCUT2D eigenvalue weighted by Crippen LogP contribution is -2.39. The summed E-state index contributed by atoms with van der Waals surface area (Å²) in [7, 11) is 3.57. The second kappa shape index (κ2) is 10.9. The number of halogens is 2. The molecule has 0 radical (unpaired) electrons. The molecule has 0 aromatic heterocycles. The molecule has 0 bridgehead atoms. The van der Waals surface area contributed by atoms with Gasteiger partial charge in [0, 0.05) is 18.7 Å². The highest BCUT2D eigenvalue weighted by molar-refractivity contribution is 9.10. The molecule has 1 N–H and O–H groups in total. The van der Waals surface area contributed by atoms with Crippen LogP contribution in [-0.2, 0) is 0 Å². The van der Waals surface area contributed by atoms with Crippen LogP contribution in [0.2, 0.25) is 0 Å². The molecule has 1 aliphatic heterocycles. The zero-order valence-corrected chi connectivity index (χ0v) is 17.5. The van der Waals surface area contributed by atoms with Crippen LogP contribution in [0, 0.1) is 5.92 Å². The van der Waals surface area contributed by atoms with Crippen molar-refractivity contribution in [1.29, 1.82) is 0 Å². The molecular weight excluding hydrogens is 408 g/mol. The fourth-order valence-electron chi connectivity index (χ4n) is 3.08. The molecule has 7 heteroatoms. The standard InChI is InChI=1S/C18H27BrN2O3.ClH/c1-4-24-17-15(19)11-14(12-16(17)23-3)18(22)21-9-6-13(7-10-21)5-8-20-2;/h11-13,20H,4-10H2,1-3H3;1H. The molecular formula is C18H28BrClN2O3. The van der Waals surface area contributed by atoms with Gasteiger partial charge in [-0.3, -0.25) is 4.79 Å². The van der Waals surface area contributed by atoms with Crippen molar-refractivity contribution in [3.8, 4) is 11.5 Å². The number of hydrogen-bond acceptors (Lipinski definition) is 4. The Morgan fingerprint density at radius 3 is 2.60 bits per heavy atom. The van der Waals surface area contributed by atoms with Gasteiger partial charge >= 0.3 is 0 Å². The van der Waals surface area contributed by atoms with E-state index in [0.29, 0.717) is 29.6 Å². The lowest BCUT2D eigenvalue weighted by Gasteiger charge is -2.32. The van der Waals surface area contributed by atoms with Gasteiger partial charge in [-0.25, -0.2) is 0 Å². The zero-order chi connectivity index (χ0) is 17.5. The zero-order valence-electron chi connectivity index (χ0n) is 15.1. The van der Waals surface area contributed by atoms with Crippen molar-refractivity contribution in [1.82, 2.24) is 10.2 Å². The molecule has 1 fully saturated rings. The van der Waals surface area contributed by atoms with E-state index in [1.54, 1.807) is 13.2 Å². The molecule has 1 saturated heterocycles. The number of hydrogen-bond donors (Lipinski definition) is 1. The van der Waals surface area contributed by atoms with E-state index in [0.717, 1.165) is 36.9 Å². The lowest BCUT2D eigenvalue weighted by atomic mass is 9.93. The number of carbonyl (C=O) groups is 1. The highest BCUT2D eigenvalue weighted by Crippen LogP contribution is 2.37. The first kappa shape index (κ1) is 22.1. The number of nitrogens with one attached hydrogen (secondary N) is 1. The second-order valence-electron chi connectivity index (χ2n) is 6.05. The quantitative estimate of drug-likeness (QED) is 0.709. The van der Waals surface area contributed by atoms with Crippen LogP contribution >= 0.6 is 28.3 Å². The average Bonchev–Trinajstić information content (AvgIpc) is 2.61. The van der Waals surface area contributed by atoms with Crippen LogP contribution in [0.5, 0.6) is 11.5 Å². The Bertz CT molecular complexity index is 563. The Labute approximate surface area is 165 Å². The molecule has 5 nitrogen and oxygen atoms in total. The largest absolute Gasteiger partial charge is 0.493 e. The third-order valence-corrected chi connectivity index (χ3v) is 5.06. The van der Waals surface area contributed by atoms with Crippen molar-refractivity contribution < 1.29 is 14.3 Å². The molecule has 0 atom stereocenters. The van der Waals surface area contributed by atoms with Crippen LogP contribution in [0.4, 0.5) is 0 Å². The van der Waals surface area contributed by atoms with Gasteiger partial charge in [-0.05, 0) is 73.8 Å². The molecule has 1 aromatic rings. The van der Waals surface area contributed by atoms with Gasteiger partial charge in [-0.15, -0.1) is 12.4 Å². The van der Waals surface area contributed by atoms with E-state index in [-0.39, 0.29) is 18.3 Å². The van der Waals surface area contributed by atoms with Crippen LogP contribution in [0.1, 0.15) is 36.5 Å². The molecule has 142 valence electrons. The predicted molar refractivity (Wildman–Crippen MR) is 106 cm³/mol. The minimum Gasteiger partial charge on any atom is -0.493 e. The van der Waals surface area contributed by atoms with Gasteiger partial charge in [-0.1, -0.05) is 0 Å². The monoisotopic (exact) mass is 434 g/mol. The number of ether oxygens (including phenoxy) is 2. The number of likely N-dealkylation sites (tertiary alicyclic amines) is 1. The SMILES string of the molecule is CCOc1c(Br)cc(C(=O)N2CCC(CCNC)CC2)cc1OC.Cl. The average molecular weight is 436 g/mol. The van der Waals surface area contributed by atoms with Crippen molar-refractivity contribution >= 4 is 34.2 Å². The Kier molecular flexibility index (Phi) is 9.61. The number of amides is 1. The Morgan fingerprint density at radius 1 is 1.36 bits per heavy atom. The number of methoxy groups -OCH3 is 1. The van der Waals surface area contributed by atoms with Crippen LogP contribution in [0.3, 0.4) is 0 Å². The summed E-state index contributed by atoms with van der Waals surface area (Å²) in [6.45, 7) is 5.15. The van der Waals surface area contributed by atoms with Gasteiger partial charge < -0.3 is 19.7 Å². The number of rotatable bonds is 7. The van der Waals surface area contributed by atoms with Crippen LogP contribution < -0.4 is 14.8 Å². The molecule has 1 amide bonds. The maximum atomic E-state index is 12.8. The fraction of sp³-hybridized carbons (Fsp3) is 0.611. The van der Waals surface area contributed by atoms with Crippen LogP contribution in [-0.4, -0.2) is 51.2 Å². The first-order chi connectivity index (χ1) is 11.6. The topological polar surface area (TPSA) is 50.8 Å². The van der Waals surface area contributed by atoms with Gasteiger partial charge in [0.25, 0.3) is 5.91 Å². The summed E-state index contributed by atoms with van der Waals surface area (Å²) in [5.74, 6) is 1.99. The van der Waals surface area contributed by atoms with Gasteiger partial charge in [0.2, 0.25) is 0 Å². The third-order valence-electron chi connectivity index (χ3n) is 4.47. The highest BCUT2D eigenvalue weighted by Gasteiger charge is 2.25. The van der Waals surface area contributed by atoms with Gasteiger partial charge in [0.05, 0.1) is 18.2 Å². The predicted octanol–water partition coefficient (Wildman–Crippen LogP) is 3.74. The first-order valence-electron chi connectivity index (χ1n) is 8.54. The minimum atomic E-state index is 0. The molecule has 0 saturated carbocycles. The summed E-state index contributed by atoms with van der Waals surface area (Å²) in [6.07, 6.45) is 3.33. The van der Waals surface area contributed by atoms with E-state index in [1.165, 1.54) is 6.42 Å². The van der Waals surface area contributed by atoms with E-state index in [1.807, 2.05) is 24.9 Å². The molecule has 1 heterocycles. The van der Waals surface area contributed by atoms with Crippen molar-refractivity contribution in [3.63, 3.8) is 0 Å². The summed E-state index contributed by atoms with van der Waals surface area (Å²) in [5, 5.41) is 3.20. The van der Waals surface area contributed by atoms with Crippen molar-refractivity contribution in [2.45, 2.75) is 26.2 Å². The Morgan fingerprint density at radius 2 is 2.04 bits per heavy atom. The van der Waals surface area contributed by atoms with Gasteiger partial charge in [0.15, 0.2) is 11.5 Å². The summed E-state index contributed by atoms with van der Waals surface area (Å²) in [4.78, 5) is 14.7. The highest BCUT2D eigenvalue weighted by atomic mass is 79.9. The lowest BCUT2D eigenvalue weighted by molar-refractivity contribution is 0.0686.